The molecule has 1 aliphatic heterocycles. The van der Waals surface area contributed by atoms with E-state index >= 15 is 0 Å². The lowest BCUT2D eigenvalue weighted by atomic mass is 10.1. The number of anilines is 2. The van der Waals surface area contributed by atoms with Crippen LogP contribution in [0.25, 0.3) is 5.52 Å². The van der Waals surface area contributed by atoms with Gasteiger partial charge in [0.1, 0.15) is 11.4 Å². The van der Waals surface area contributed by atoms with E-state index in [-0.39, 0.29) is 11.9 Å². The van der Waals surface area contributed by atoms with Gasteiger partial charge in [-0.15, -0.1) is 5.10 Å². The molecular weight excluding hydrogens is 392 g/mol. The number of pyridine rings is 2. The van der Waals surface area contributed by atoms with E-state index in [0.29, 0.717) is 12.1 Å². The molecule has 1 unspecified atom stereocenters. The van der Waals surface area contributed by atoms with Crippen molar-refractivity contribution in [2.75, 3.05) is 19.0 Å². The molecule has 1 aliphatic rings. The first kappa shape index (κ1) is 19.0. The minimum atomic E-state index is -0.0950. The molecule has 0 radical (unpaired) electrons. The number of hydrogen-bond acceptors (Lipinski definition) is 6. The van der Waals surface area contributed by atoms with Gasteiger partial charge in [-0.25, -0.2) is 4.52 Å². The number of ether oxygens (including phenoxy) is 1. The highest BCUT2D eigenvalue weighted by Gasteiger charge is 2.33. The van der Waals surface area contributed by atoms with Crippen LogP contribution in [-0.4, -0.2) is 44.3 Å². The van der Waals surface area contributed by atoms with Crippen molar-refractivity contribution < 1.29 is 9.53 Å². The van der Waals surface area contributed by atoms with Crippen molar-refractivity contribution in [3.05, 3.63) is 78.4 Å². The zero-order chi connectivity index (χ0) is 21.2. The number of fused-ring (bicyclic) bond motifs is 1. The topological polar surface area (TPSA) is 84.6 Å². The van der Waals surface area contributed by atoms with Crippen LogP contribution in [0.2, 0.25) is 0 Å². The zero-order valence-corrected chi connectivity index (χ0v) is 17.1. The van der Waals surface area contributed by atoms with Crippen LogP contribution >= 0.6 is 0 Å². The summed E-state index contributed by atoms with van der Waals surface area (Å²) in [5.41, 5.74) is 4.11. The molecule has 0 aliphatic carbocycles. The molecule has 0 saturated carbocycles. The molecule has 0 bridgehead atoms. The molecule has 1 saturated heterocycles. The molecule has 1 amide bonds. The van der Waals surface area contributed by atoms with E-state index < -0.39 is 0 Å². The average Bonchev–Trinajstić information content (AvgIpc) is 3.46. The molecular formula is C23H22N6O2. The summed E-state index contributed by atoms with van der Waals surface area (Å²) in [6, 6.07) is 15.2. The van der Waals surface area contributed by atoms with Gasteiger partial charge in [-0.3, -0.25) is 9.78 Å². The number of nitrogens with zero attached hydrogens (tertiary/aromatic N) is 5. The van der Waals surface area contributed by atoms with Crippen molar-refractivity contribution in [3.8, 4) is 5.75 Å². The molecule has 1 atom stereocenters. The predicted octanol–water partition coefficient (Wildman–Crippen LogP) is 3.85. The number of methoxy groups -OCH3 is 1. The molecule has 5 rings (SSSR count). The van der Waals surface area contributed by atoms with Gasteiger partial charge in [0, 0.05) is 30.7 Å². The summed E-state index contributed by atoms with van der Waals surface area (Å²) in [6.45, 7) is 0.701. The Morgan fingerprint density at radius 1 is 1.16 bits per heavy atom. The quantitative estimate of drug-likeness (QED) is 0.534. The summed E-state index contributed by atoms with van der Waals surface area (Å²) >= 11 is 0. The number of likely N-dealkylation sites (tertiary alicyclic amines) is 1. The minimum Gasteiger partial charge on any atom is -0.497 e. The first-order chi connectivity index (χ1) is 15.2. The van der Waals surface area contributed by atoms with Crippen LogP contribution in [0.5, 0.6) is 5.75 Å². The molecule has 1 N–H and O–H groups in total. The molecule has 31 heavy (non-hydrogen) atoms. The maximum atomic E-state index is 13.0. The van der Waals surface area contributed by atoms with Crippen LogP contribution in [0.15, 0.2) is 67.1 Å². The number of carbonyl (C=O) groups is 1. The van der Waals surface area contributed by atoms with Gasteiger partial charge in [0.15, 0.2) is 0 Å². The molecule has 4 aromatic rings. The molecule has 0 spiro atoms. The normalized spacial score (nSPS) is 15.9. The maximum Gasteiger partial charge on any atom is 0.255 e. The fourth-order valence-corrected chi connectivity index (χ4v) is 4.04. The van der Waals surface area contributed by atoms with Crippen LogP contribution < -0.4 is 10.1 Å². The van der Waals surface area contributed by atoms with E-state index in [1.807, 2.05) is 47.5 Å². The Kier molecular flexibility index (Phi) is 4.95. The van der Waals surface area contributed by atoms with Crippen LogP contribution in [0, 0.1) is 0 Å². The van der Waals surface area contributed by atoms with E-state index in [4.69, 9.17) is 4.74 Å². The van der Waals surface area contributed by atoms with Crippen molar-refractivity contribution >= 4 is 22.8 Å². The van der Waals surface area contributed by atoms with Crippen LogP contribution in [0.3, 0.4) is 0 Å². The third-order valence-corrected chi connectivity index (χ3v) is 5.54. The van der Waals surface area contributed by atoms with E-state index in [9.17, 15) is 4.79 Å². The van der Waals surface area contributed by atoms with E-state index in [1.54, 1.807) is 36.2 Å². The molecule has 3 aromatic heterocycles. The van der Waals surface area contributed by atoms with Crippen molar-refractivity contribution in [3.63, 3.8) is 0 Å². The second-order valence-corrected chi connectivity index (χ2v) is 7.48. The predicted molar refractivity (Wildman–Crippen MR) is 117 cm³/mol. The first-order valence-electron chi connectivity index (χ1n) is 10.2. The third-order valence-electron chi connectivity index (χ3n) is 5.54. The number of carbonyl (C=O) groups excluding carboxylic acids is 1. The standard InChI is InChI=1S/C23H22N6O2/c1-31-19-7-2-6-17(13-19)25-18-9-10-21-22(26-27-29(21)15-18)20-8-4-12-28(20)23(30)16-5-3-11-24-14-16/h2-3,5-7,9-11,13-15,20,25H,4,8,12H2,1H3. The Morgan fingerprint density at radius 3 is 2.94 bits per heavy atom. The van der Waals surface area contributed by atoms with Gasteiger partial charge in [-0.05, 0) is 49.2 Å². The fourth-order valence-electron chi connectivity index (χ4n) is 4.04. The number of hydrogen-bond donors (Lipinski definition) is 1. The summed E-state index contributed by atoms with van der Waals surface area (Å²) in [5.74, 6) is 0.766. The van der Waals surface area contributed by atoms with Gasteiger partial charge >= 0.3 is 0 Å². The average molecular weight is 414 g/mol. The van der Waals surface area contributed by atoms with Gasteiger partial charge in [0.2, 0.25) is 0 Å². The highest BCUT2D eigenvalue weighted by atomic mass is 16.5. The first-order valence-corrected chi connectivity index (χ1v) is 10.2. The smallest absolute Gasteiger partial charge is 0.255 e. The van der Waals surface area contributed by atoms with Crippen LogP contribution in [0.4, 0.5) is 11.4 Å². The Hall–Kier alpha value is -3.94. The number of nitrogens with one attached hydrogen (secondary N) is 1. The molecule has 156 valence electrons. The molecule has 4 heterocycles. The Bertz CT molecular complexity index is 1220. The minimum absolute atomic E-state index is 0.0203. The summed E-state index contributed by atoms with van der Waals surface area (Å²) in [7, 11) is 1.65. The highest BCUT2D eigenvalue weighted by Crippen LogP contribution is 2.34. The van der Waals surface area contributed by atoms with Gasteiger partial charge < -0.3 is 15.0 Å². The number of benzene rings is 1. The van der Waals surface area contributed by atoms with Gasteiger partial charge in [-0.1, -0.05) is 11.3 Å². The lowest BCUT2D eigenvalue weighted by molar-refractivity contribution is 0.0733. The van der Waals surface area contributed by atoms with Gasteiger partial charge in [0.25, 0.3) is 5.91 Å². The van der Waals surface area contributed by atoms with Crippen molar-refractivity contribution in [2.45, 2.75) is 18.9 Å². The number of rotatable bonds is 5. The number of amides is 1. The Morgan fingerprint density at radius 2 is 2.10 bits per heavy atom. The number of aromatic nitrogens is 4. The van der Waals surface area contributed by atoms with Gasteiger partial charge in [-0.2, -0.15) is 0 Å². The van der Waals surface area contributed by atoms with Crippen molar-refractivity contribution in [1.82, 2.24) is 24.7 Å². The second-order valence-electron chi connectivity index (χ2n) is 7.48. The third kappa shape index (κ3) is 3.68. The van der Waals surface area contributed by atoms with Crippen molar-refractivity contribution in [1.29, 1.82) is 0 Å². The van der Waals surface area contributed by atoms with E-state index in [1.165, 1.54) is 0 Å². The van der Waals surface area contributed by atoms with Crippen LogP contribution in [-0.2, 0) is 0 Å². The highest BCUT2D eigenvalue weighted by molar-refractivity contribution is 5.94. The monoisotopic (exact) mass is 414 g/mol. The second kappa shape index (κ2) is 8.06. The summed E-state index contributed by atoms with van der Waals surface area (Å²) in [5, 5.41) is 12.1. The van der Waals surface area contributed by atoms with Gasteiger partial charge in [0.05, 0.1) is 36.1 Å². The maximum absolute atomic E-state index is 13.0. The Balaban J connectivity index is 1.41. The summed E-state index contributed by atoms with van der Waals surface area (Å²) in [6.07, 6.45) is 6.98. The molecule has 8 nitrogen and oxygen atoms in total. The molecule has 1 aromatic carbocycles. The van der Waals surface area contributed by atoms with Crippen LogP contribution in [0.1, 0.15) is 34.9 Å². The summed E-state index contributed by atoms with van der Waals surface area (Å²) in [4.78, 5) is 19.0. The van der Waals surface area contributed by atoms with Crippen molar-refractivity contribution in [2.24, 2.45) is 0 Å². The lowest BCUT2D eigenvalue weighted by Gasteiger charge is -2.23. The van der Waals surface area contributed by atoms with E-state index in [0.717, 1.165) is 41.2 Å². The fraction of sp³-hybridized carbons (Fsp3) is 0.217. The van der Waals surface area contributed by atoms with E-state index in [2.05, 4.69) is 20.6 Å². The SMILES string of the molecule is COc1cccc(Nc2ccc3c(C4CCCN4C(=O)c4cccnc4)nnn3c2)c1. The lowest BCUT2D eigenvalue weighted by Crippen LogP contribution is -2.30. The Labute approximate surface area is 179 Å². The zero-order valence-electron chi connectivity index (χ0n) is 17.1. The molecule has 1 fully saturated rings. The largest absolute Gasteiger partial charge is 0.497 e. The molecule has 8 heteroatoms. The summed E-state index contributed by atoms with van der Waals surface area (Å²) < 4.78 is 7.03.